The van der Waals surface area contributed by atoms with Crippen LogP contribution >= 0.6 is 0 Å². The number of methoxy groups -OCH3 is 1. The summed E-state index contributed by atoms with van der Waals surface area (Å²) in [5.74, 6) is -2.00. The zero-order valence-electron chi connectivity index (χ0n) is 10.7. The van der Waals surface area contributed by atoms with Gasteiger partial charge in [-0.15, -0.1) is 0 Å². The van der Waals surface area contributed by atoms with Gasteiger partial charge in [-0.05, 0) is 6.07 Å². The Balaban J connectivity index is 3.37. The molecule has 0 heterocycles. The highest BCUT2D eigenvalue weighted by atomic mass is 32.2. The Morgan fingerprint density at radius 1 is 1.43 bits per heavy atom. The Morgan fingerprint density at radius 3 is 2.52 bits per heavy atom. The summed E-state index contributed by atoms with van der Waals surface area (Å²) in [6, 6.07) is 2.55. The summed E-state index contributed by atoms with van der Waals surface area (Å²) in [5, 5.41) is 10.7. The second-order valence-corrected chi connectivity index (χ2v) is 5.46. The molecule has 0 aromatic heterocycles. The lowest BCUT2D eigenvalue weighted by Gasteiger charge is -2.09. The number of primary amides is 1. The van der Waals surface area contributed by atoms with E-state index in [4.69, 9.17) is 5.73 Å². The van der Waals surface area contributed by atoms with Crippen molar-refractivity contribution in [3.05, 3.63) is 33.9 Å². The molecule has 0 unspecified atom stereocenters. The van der Waals surface area contributed by atoms with Crippen LogP contribution in [0.1, 0.15) is 10.4 Å². The smallest absolute Gasteiger partial charge is 0.339 e. The Kier molecular flexibility index (Phi) is 4.94. The molecular formula is C10H11N3O7S. The summed E-state index contributed by atoms with van der Waals surface area (Å²) in [5.41, 5.74) is 3.81. The van der Waals surface area contributed by atoms with Gasteiger partial charge in [0.2, 0.25) is 15.9 Å². The number of carbonyl (C=O) groups excluding carboxylic acids is 2. The van der Waals surface area contributed by atoms with Gasteiger partial charge in [0.05, 0.1) is 29.0 Å². The van der Waals surface area contributed by atoms with Crippen molar-refractivity contribution in [3.8, 4) is 0 Å². The first kappa shape index (κ1) is 16.5. The van der Waals surface area contributed by atoms with Crippen LogP contribution in [0.2, 0.25) is 0 Å². The average Bonchev–Trinajstić information content (AvgIpc) is 2.43. The fraction of sp³-hybridized carbons (Fsp3) is 0.200. The zero-order chi connectivity index (χ0) is 16.2. The number of hydrogen-bond donors (Lipinski definition) is 2. The molecule has 0 atom stereocenters. The van der Waals surface area contributed by atoms with E-state index in [1.165, 1.54) is 0 Å². The Hall–Kier alpha value is -2.53. The number of ether oxygens (including phenoxy) is 1. The molecule has 0 aliphatic rings. The summed E-state index contributed by atoms with van der Waals surface area (Å²) < 4.78 is 30.2. The molecule has 0 aliphatic heterocycles. The van der Waals surface area contributed by atoms with E-state index in [1.807, 2.05) is 4.72 Å². The number of nitro benzene ring substituents is 1. The highest BCUT2D eigenvalue weighted by Gasteiger charge is 2.26. The van der Waals surface area contributed by atoms with Gasteiger partial charge in [-0.1, -0.05) is 0 Å². The second-order valence-electron chi connectivity index (χ2n) is 3.72. The number of amides is 1. The van der Waals surface area contributed by atoms with Crippen LogP contribution in [0.3, 0.4) is 0 Å². The lowest BCUT2D eigenvalue weighted by atomic mass is 10.2. The van der Waals surface area contributed by atoms with Crippen LogP contribution in [-0.2, 0) is 19.6 Å². The van der Waals surface area contributed by atoms with Gasteiger partial charge in [-0.3, -0.25) is 14.9 Å². The molecule has 0 saturated heterocycles. The molecule has 11 heteroatoms. The van der Waals surface area contributed by atoms with Crippen LogP contribution in [-0.4, -0.2) is 38.9 Å². The summed E-state index contributed by atoms with van der Waals surface area (Å²) in [6.07, 6.45) is 0. The van der Waals surface area contributed by atoms with E-state index in [1.54, 1.807) is 0 Å². The number of rotatable bonds is 6. The van der Waals surface area contributed by atoms with Gasteiger partial charge in [0, 0.05) is 12.1 Å². The molecule has 1 amide bonds. The van der Waals surface area contributed by atoms with Crippen molar-refractivity contribution in [2.75, 3.05) is 13.7 Å². The van der Waals surface area contributed by atoms with Crippen molar-refractivity contribution in [2.45, 2.75) is 4.90 Å². The molecule has 0 spiro atoms. The number of hydrogen-bond acceptors (Lipinski definition) is 7. The third-order valence-corrected chi connectivity index (χ3v) is 3.76. The maximum atomic E-state index is 12.0. The number of esters is 1. The van der Waals surface area contributed by atoms with Crippen LogP contribution < -0.4 is 10.5 Å². The maximum absolute atomic E-state index is 12.0. The number of non-ortho nitro benzene ring substituents is 1. The number of nitro groups is 1. The fourth-order valence-electron chi connectivity index (χ4n) is 1.38. The average molecular weight is 317 g/mol. The molecule has 0 aliphatic carbocycles. The van der Waals surface area contributed by atoms with Crippen LogP contribution in [0.25, 0.3) is 0 Å². The lowest BCUT2D eigenvalue weighted by molar-refractivity contribution is -0.384. The van der Waals surface area contributed by atoms with Gasteiger partial charge in [-0.2, -0.15) is 0 Å². The van der Waals surface area contributed by atoms with E-state index in [-0.39, 0.29) is 0 Å². The highest BCUT2D eigenvalue weighted by Crippen LogP contribution is 2.22. The molecular weight excluding hydrogens is 306 g/mol. The van der Waals surface area contributed by atoms with Crippen molar-refractivity contribution in [2.24, 2.45) is 5.73 Å². The summed E-state index contributed by atoms with van der Waals surface area (Å²) >= 11 is 0. The first-order valence-electron chi connectivity index (χ1n) is 5.33. The lowest BCUT2D eigenvalue weighted by Crippen LogP contribution is -2.34. The largest absolute Gasteiger partial charge is 0.465 e. The number of sulfonamides is 1. The molecule has 1 rings (SSSR count). The Bertz CT molecular complexity index is 699. The minimum Gasteiger partial charge on any atom is -0.465 e. The minimum atomic E-state index is -4.26. The number of nitrogens with two attached hydrogens (primary N) is 1. The van der Waals surface area contributed by atoms with Gasteiger partial charge in [0.25, 0.3) is 5.69 Å². The Labute approximate surface area is 119 Å². The maximum Gasteiger partial charge on any atom is 0.339 e. The molecule has 0 radical (unpaired) electrons. The van der Waals surface area contributed by atoms with Gasteiger partial charge in [0.1, 0.15) is 0 Å². The third kappa shape index (κ3) is 3.97. The number of nitrogens with zero attached hydrogens (tertiary/aromatic N) is 1. The normalized spacial score (nSPS) is 10.9. The van der Waals surface area contributed by atoms with Crippen molar-refractivity contribution in [1.29, 1.82) is 0 Å². The molecule has 3 N–H and O–H groups in total. The summed E-state index contributed by atoms with van der Waals surface area (Å²) in [6.45, 7) is -0.681. The number of carbonyl (C=O) groups is 2. The van der Waals surface area contributed by atoms with Gasteiger partial charge < -0.3 is 10.5 Å². The van der Waals surface area contributed by atoms with Gasteiger partial charge in [0.15, 0.2) is 0 Å². The molecule has 21 heavy (non-hydrogen) atoms. The predicted octanol–water partition coefficient (Wildman–Crippen LogP) is -0.855. The van der Waals surface area contributed by atoms with E-state index in [9.17, 15) is 28.1 Å². The van der Waals surface area contributed by atoms with E-state index in [2.05, 4.69) is 4.74 Å². The topological polar surface area (TPSA) is 159 Å². The zero-order valence-corrected chi connectivity index (χ0v) is 11.5. The molecule has 0 saturated carbocycles. The van der Waals surface area contributed by atoms with Gasteiger partial charge in [-0.25, -0.2) is 17.9 Å². The van der Waals surface area contributed by atoms with Gasteiger partial charge >= 0.3 is 5.97 Å². The van der Waals surface area contributed by atoms with E-state index >= 15 is 0 Å². The van der Waals surface area contributed by atoms with E-state index < -0.39 is 49.5 Å². The molecule has 10 nitrogen and oxygen atoms in total. The van der Waals surface area contributed by atoms with Crippen molar-refractivity contribution in [1.82, 2.24) is 4.72 Å². The van der Waals surface area contributed by atoms with Crippen molar-refractivity contribution < 1.29 is 27.7 Å². The Morgan fingerprint density at radius 2 is 2.05 bits per heavy atom. The summed E-state index contributed by atoms with van der Waals surface area (Å²) in [4.78, 5) is 31.5. The molecule has 114 valence electrons. The summed E-state index contributed by atoms with van der Waals surface area (Å²) in [7, 11) is -3.26. The monoisotopic (exact) mass is 317 g/mol. The first-order chi connectivity index (χ1) is 9.69. The third-order valence-electron chi connectivity index (χ3n) is 2.31. The van der Waals surface area contributed by atoms with Crippen molar-refractivity contribution >= 4 is 27.6 Å². The highest BCUT2D eigenvalue weighted by molar-refractivity contribution is 7.89. The quantitative estimate of drug-likeness (QED) is 0.392. The van der Waals surface area contributed by atoms with E-state index in [0.717, 1.165) is 25.3 Å². The molecule has 0 bridgehead atoms. The fourth-order valence-corrected chi connectivity index (χ4v) is 2.55. The van der Waals surface area contributed by atoms with Crippen LogP contribution in [0.4, 0.5) is 5.69 Å². The molecule has 0 fully saturated rings. The van der Waals surface area contributed by atoms with Crippen LogP contribution in [0.15, 0.2) is 23.1 Å². The van der Waals surface area contributed by atoms with Crippen LogP contribution in [0, 0.1) is 10.1 Å². The number of benzene rings is 1. The predicted molar refractivity (Wildman–Crippen MR) is 68.8 cm³/mol. The SMILES string of the molecule is COC(=O)c1cc([N+](=O)[O-])ccc1S(=O)(=O)NCC(N)=O. The van der Waals surface area contributed by atoms with Crippen LogP contribution in [0.5, 0.6) is 0 Å². The second kappa shape index (κ2) is 6.28. The number of nitrogens with one attached hydrogen (secondary N) is 1. The minimum absolute atomic E-state index is 0.482. The standard InChI is InChI=1S/C10H11N3O7S/c1-20-10(15)7-4-6(13(16)17)2-3-8(7)21(18,19)12-5-9(11)14/h2-4,12H,5H2,1H3,(H2,11,14). The van der Waals surface area contributed by atoms with Crippen molar-refractivity contribution in [3.63, 3.8) is 0 Å². The molecule has 1 aromatic rings. The van der Waals surface area contributed by atoms with E-state index in [0.29, 0.717) is 0 Å². The molecule has 1 aromatic carbocycles. The first-order valence-corrected chi connectivity index (χ1v) is 6.82.